The molecule has 0 aliphatic heterocycles. The van der Waals surface area contributed by atoms with Crippen molar-refractivity contribution in [1.29, 1.82) is 0 Å². The Bertz CT molecular complexity index is 2950. The van der Waals surface area contributed by atoms with Crippen molar-refractivity contribution in [3.8, 4) is 22.3 Å². The van der Waals surface area contributed by atoms with Gasteiger partial charge in [-0.1, -0.05) is 121 Å². The van der Waals surface area contributed by atoms with E-state index in [4.69, 9.17) is 25.0 Å². The molecule has 8 aromatic rings. The van der Waals surface area contributed by atoms with Gasteiger partial charge in [-0.2, -0.15) is 0 Å². The molecule has 1 nitrogen and oxygen atoms in total. The monoisotopic (exact) mass is 486 g/mol. The van der Waals surface area contributed by atoms with Gasteiger partial charge in [-0.15, -0.1) is 0 Å². The number of furan rings is 1. The van der Waals surface area contributed by atoms with Crippen LogP contribution < -0.4 is 0 Å². The minimum atomic E-state index is -0.608. The quantitative estimate of drug-likeness (QED) is 0.221. The summed E-state index contributed by atoms with van der Waals surface area (Å²) in [7, 11) is 0. The highest BCUT2D eigenvalue weighted by atomic mass is 16.3. The first-order chi connectivity index (χ1) is 25.0. The molecule has 0 saturated heterocycles. The van der Waals surface area contributed by atoms with Crippen LogP contribution in [0.3, 0.4) is 0 Å². The summed E-state index contributed by atoms with van der Waals surface area (Å²) >= 11 is 0. The Morgan fingerprint density at radius 3 is 1.73 bits per heavy atom. The maximum absolute atomic E-state index is 9.26. The van der Waals surface area contributed by atoms with Gasteiger partial charge in [0.2, 0.25) is 0 Å². The van der Waals surface area contributed by atoms with Gasteiger partial charge in [0.15, 0.2) is 0 Å². The highest BCUT2D eigenvalue weighted by Gasteiger charge is 2.20. The van der Waals surface area contributed by atoms with E-state index in [-0.39, 0.29) is 119 Å². The van der Waals surface area contributed by atoms with Gasteiger partial charge in [-0.3, -0.25) is 0 Å². The van der Waals surface area contributed by atoms with Gasteiger partial charge in [0.25, 0.3) is 0 Å². The molecule has 0 atom stereocenters. The average Bonchev–Trinajstić information content (AvgIpc) is 3.51. The van der Waals surface area contributed by atoms with E-state index in [1.165, 1.54) is 36.4 Å². The molecule has 0 amide bonds. The van der Waals surface area contributed by atoms with Crippen molar-refractivity contribution in [2.45, 2.75) is 0 Å². The fourth-order valence-corrected chi connectivity index (χ4v) is 5.11. The van der Waals surface area contributed by atoms with E-state index in [0.717, 1.165) is 0 Å². The number of benzene rings is 7. The molecule has 0 aliphatic rings. The molecule has 0 fully saturated rings. The van der Waals surface area contributed by atoms with Gasteiger partial charge in [-0.25, -0.2) is 0 Å². The van der Waals surface area contributed by atoms with E-state index in [0.29, 0.717) is 0 Å². The average molecular weight is 487 g/mol. The Hall–Kier alpha value is -4.88. The van der Waals surface area contributed by atoms with E-state index in [9.17, 15) is 1.37 Å². The molecular weight excluding hydrogens is 448 g/mol. The summed E-state index contributed by atoms with van der Waals surface area (Å²) < 4.78 is 144. The minimum Gasteiger partial charge on any atom is -0.456 e. The maximum Gasteiger partial charge on any atom is 0.136 e. The molecule has 0 saturated carbocycles. The summed E-state index contributed by atoms with van der Waals surface area (Å²) in [5.74, 6) is 0. The smallest absolute Gasteiger partial charge is 0.136 e. The Kier molecular flexibility index (Phi) is 2.16. The van der Waals surface area contributed by atoms with E-state index in [2.05, 4.69) is 0 Å². The molecule has 1 aromatic heterocycles. The lowest BCUT2D eigenvalue weighted by molar-refractivity contribution is 0.669. The molecule has 0 N–H and O–H groups in total. The Morgan fingerprint density at radius 2 is 0.973 bits per heavy atom. The first-order valence-electron chi connectivity index (χ1n) is 19.4. The van der Waals surface area contributed by atoms with Gasteiger partial charge >= 0.3 is 0 Å². The van der Waals surface area contributed by atoms with Crippen LogP contribution in [0.1, 0.15) is 21.9 Å². The van der Waals surface area contributed by atoms with Crippen LogP contribution in [-0.2, 0) is 0 Å². The third-order valence-electron chi connectivity index (χ3n) is 6.61. The van der Waals surface area contributed by atoms with Crippen molar-refractivity contribution >= 4 is 54.3 Å². The third-order valence-corrected chi connectivity index (χ3v) is 6.61. The normalized spacial score (nSPS) is 17.8. The van der Waals surface area contributed by atoms with Crippen molar-refractivity contribution in [2.24, 2.45) is 0 Å². The number of para-hydroxylation sites is 1. The van der Waals surface area contributed by atoms with Crippen LogP contribution in [0.2, 0.25) is 0 Å². The predicted molar refractivity (Wildman–Crippen MR) is 157 cm³/mol. The van der Waals surface area contributed by atoms with Crippen molar-refractivity contribution < 1.29 is 26.3 Å². The zero-order chi connectivity index (χ0) is 38.3. The maximum atomic E-state index is 9.26. The summed E-state index contributed by atoms with van der Waals surface area (Å²) in [6.45, 7) is 0. The first-order valence-corrected chi connectivity index (χ1v) is 11.4. The molecule has 0 spiro atoms. The largest absolute Gasteiger partial charge is 0.456 e. The summed E-state index contributed by atoms with van der Waals surface area (Å²) in [6, 6.07) is 1.07. The van der Waals surface area contributed by atoms with Crippen LogP contribution in [0.15, 0.2) is 137 Å². The molecule has 0 bridgehead atoms. The standard InChI is InChI=1S/C36H22O/c1-2-13-24-23(11-1)12-9-19-25(24)34-26-14-3-5-16-28(26)35(29-17-6-4-15-27(29)34)31-20-10-22-33-36(31)30-18-7-8-21-32(30)37-33/h1-22H/i1D,2D,3D,4D,5D,6D,7D,8D,9D,10D,11D,12D,18D,20D,21D,22D. The SMILES string of the molecule is [2H]c1cc2c(-c3cc([2H])c([2H])c4c([2H])c([2H])c([2H])cc34)c3cc([2H])c([2H])cc3c(-c3c([2H])c([2H])c([2H])c4oc5c([2H])c([2H])c([2H])c([2H])c5c34)c2cc1[2H]. The minimum absolute atomic E-state index is 0.0793. The second kappa shape index (κ2) is 7.81. The Labute approximate surface area is 236 Å². The van der Waals surface area contributed by atoms with Crippen molar-refractivity contribution in [2.75, 3.05) is 0 Å². The van der Waals surface area contributed by atoms with E-state index in [1.807, 2.05) is 0 Å². The topological polar surface area (TPSA) is 13.1 Å². The summed E-state index contributed by atoms with van der Waals surface area (Å²) in [4.78, 5) is 0. The van der Waals surface area contributed by atoms with Gasteiger partial charge < -0.3 is 4.42 Å². The first kappa shape index (κ1) is 10.2. The van der Waals surface area contributed by atoms with Crippen molar-refractivity contribution in [1.82, 2.24) is 0 Å². The number of fused-ring (bicyclic) bond motifs is 6. The fraction of sp³-hybridized carbons (Fsp3) is 0. The summed E-state index contributed by atoms with van der Waals surface area (Å²) in [5, 5.41) is 0.573. The summed E-state index contributed by atoms with van der Waals surface area (Å²) in [5.41, 5.74) is -0.206. The summed E-state index contributed by atoms with van der Waals surface area (Å²) in [6.07, 6.45) is 0. The van der Waals surface area contributed by atoms with E-state index >= 15 is 0 Å². The lowest BCUT2D eigenvalue weighted by Crippen LogP contribution is -1.92. The highest BCUT2D eigenvalue weighted by molar-refractivity contribution is 6.26. The second-order valence-electron chi connectivity index (χ2n) is 8.47. The number of hydrogen-bond donors (Lipinski definition) is 0. The predicted octanol–water partition coefficient (Wildman–Crippen LogP) is 10.4. The van der Waals surface area contributed by atoms with Crippen LogP contribution >= 0.6 is 0 Å². The van der Waals surface area contributed by atoms with Gasteiger partial charge in [0.05, 0.1) is 21.9 Å². The number of hydrogen-bond acceptors (Lipinski definition) is 1. The van der Waals surface area contributed by atoms with Crippen LogP contribution in [0, 0.1) is 0 Å². The van der Waals surface area contributed by atoms with Crippen LogP contribution in [0.5, 0.6) is 0 Å². The van der Waals surface area contributed by atoms with Gasteiger partial charge in [0.1, 0.15) is 11.2 Å². The Morgan fingerprint density at radius 1 is 0.405 bits per heavy atom. The van der Waals surface area contributed by atoms with Gasteiger partial charge in [0, 0.05) is 10.8 Å². The van der Waals surface area contributed by atoms with E-state index in [1.54, 1.807) is 0 Å². The van der Waals surface area contributed by atoms with Crippen LogP contribution in [-0.4, -0.2) is 0 Å². The lowest BCUT2D eigenvalue weighted by Gasteiger charge is -2.19. The van der Waals surface area contributed by atoms with Gasteiger partial charge in [-0.05, 0) is 66.7 Å². The molecule has 7 aromatic carbocycles. The van der Waals surface area contributed by atoms with Crippen molar-refractivity contribution in [3.63, 3.8) is 0 Å². The molecule has 0 unspecified atom stereocenters. The fourth-order valence-electron chi connectivity index (χ4n) is 5.11. The van der Waals surface area contributed by atoms with Crippen LogP contribution in [0.25, 0.3) is 76.5 Å². The number of rotatable bonds is 2. The zero-order valence-corrected chi connectivity index (χ0v) is 18.9. The molecule has 8 rings (SSSR count). The highest BCUT2D eigenvalue weighted by Crippen LogP contribution is 2.47. The molecule has 172 valence electrons. The molecular formula is C36H22O. The molecule has 0 radical (unpaired) electrons. The molecule has 1 heteroatoms. The second-order valence-corrected chi connectivity index (χ2v) is 8.47. The molecule has 0 aliphatic carbocycles. The molecule has 37 heavy (non-hydrogen) atoms. The third kappa shape index (κ3) is 2.92. The lowest BCUT2D eigenvalue weighted by atomic mass is 9.84. The molecule has 1 heterocycles. The van der Waals surface area contributed by atoms with E-state index < -0.39 is 54.4 Å². The zero-order valence-electron chi connectivity index (χ0n) is 34.9. The van der Waals surface area contributed by atoms with Crippen LogP contribution in [0.4, 0.5) is 0 Å². The van der Waals surface area contributed by atoms with Crippen molar-refractivity contribution in [3.05, 3.63) is 133 Å². The Balaban J connectivity index is 1.71.